The van der Waals surface area contributed by atoms with E-state index in [-0.39, 0.29) is 0 Å². The van der Waals surface area contributed by atoms with Gasteiger partial charge in [-0.05, 0) is 72.8 Å². The largest absolute Gasteiger partial charge is 0.454 e. The van der Waals surface area contributed by atoms with Gasteiger partial charge in [0.25, 0.3) is 0 Å². The lowest BCUT2D eigenvalue weighted by Gasteiger charge is -2.15. The van der Waals surface area contributed by atoms with Gasteiger partial charge in [0.15, 0.2) is 23.1 Å². The Kier molecular flexibility index (Phi) is 8.55. The van der Waals surface area contributed by atoms with Crippen molar-refractivity contribution in [3.63, 3.8) is 0 Å². The van der Waals surface area contributed by atoms with E-state index in [0.29, 0.717) is 45.5 Å². The average Bonchev–Trinajstić information content (AvgIpc) is 4.20. The minimum Gasteiger partial charge on any atom is -0.454 e. The number of nitriles is 1. The van der Waals surface area contributed by atoms with Gasteiger partial charge >= 0.3 is 0 Å². The molecule has 0 aliphatic carbocycles. The molecule has 5 aromatic heterocycles. The Morgan fingerprint density at radius 2 is 0.833 bits per heavy atom. The van der Waals surface area contributed by atoms with Crippen molar-refractivity contribution in [1.29, 1.82) is 5.26 Å². The highest BCUT2D eigenvalue weighted by atomic mass is 16.3. The molecule has 0 saturated heterocycles. The summed E-state index contributed by atoms with van der Waals surface area (Å²) < 4.78 is 14.1. The van der Waals surface area contributed by atoms with E-state index in [4.69, 9.17) is 19.4 Å². The van der Waals surface area contributed by atoms with Gasteiger partial charge in [0.05, 0.1) is 38.7 Å². The molecule has 15 rings (SSSR count). The lowest BCUT2D eigenvalue weighted by molar-refractivity contribution is 0.666. The Balaban J connectivity index is 1.09. The summed E-state index contributed by atoms with van der Waals surface area (Å²) in [6.07, 6.45) is 0. The molecule has 0 aliphatic rings. The van der Waals surface area contributed by atoms with Crippen molar-refractivity contribution in [1.82, 2.24) is 28.7 Å². The first kappa shape index (κ1) is 39.9. The van der Waals surface area contributed by atoms with E-state index in [1.807, 2.05) is 84.9 Å². The molecule has 0 spiro atoms. The van der Waals surface area contributed by atoms with Crippen molar-refractivity contribution in [3.05, 3.63) is 230 Å². The zero-order valence-corrected chi connectivity index (χ0v) is 38.4. The average molecular weight is 920 g/mol. The molecule has 0 aliphatic heterocycles. The maximum Gasteiger partial charge on any atom is 0.164 e. The molecule has 0 N–H and O–H groups in total. The lowest BCUT2D eigenvalue weighted by Crippen LogP contribution is -2.03. The summed E-state index contributed by atoms with van der Waals surface area (Å²) in [5.74, 6) is 1.50. The van der Waals surface area contributed by atoms with Gasteiger partial charge in [0.2, 0.25) is 0 Å². The Labute approximate surface area is 411 Å². The van der Waals surface area contributed by atoms with Gasteiger partial charge in [-0.15, -0.1) is 0 Å². The number of hydrogen-bond donors (Lipinski definition) is 0. The Morgan fingerprint density at radius 3 is 1.47 bits per heavy atom. The van der Waals surface area contributed by atoms with Crippen LogP contribution in [0, 0.1) is 11.3 Å². The number of benzene rings is 10. The predicted molar refractivity (Wildman–Crippen MR) is 291 cm³/mol. The molecule has 0 atom stereocenters. The van der Waals surface area contributed by atoms with Gasteiger partial charge in [0, 0.05) is 71.2 Å². The standard InChI is InChI=1S/C64H37N7O/c65-38-41-36-49(64-67-62(39-18-4-1-5-19-39)66-63(68-64)40-20-6-2-7-21-40)57-47-27-13-17-31-56(47)72-61(57)60(41)71-53-33-32-43(70-50-28-14-10-24-44(50)45-25-11-15-29-51(45)70)37-48(53)59-55(71)35-34-54-58(59)46-26-12-16-30-52(46)69(54)42-22-8-3-9-23-42/h1-37H. The van der Waals surface area contributed by atoms with Crippen LogP contribution in [0.3, 0.4) is 0 Å². The van der Waals surface area contributed by atoms with E-state index in [1.54, 1.807) is 0 Å². The van der Waals surface area contributed by atoms with Crippen LogP contribution in [0.1, 0.15) is 5.56 Å². The van der Waals surface area contributed by atoms with E-state index < -0.39 is 0 Å². The molecular weight excluding hydrogens is 883 g/mol. The second-order valence-corrected chi connectivity index (χ2v) is 18.2. The van der Waals surface area contributed by atoms with E-state index >= 15 is 0 Å². The third kappa shape index (κ3) is 5.76. The number of rotatable bonds is 6. The first-order chi connectivity index (χ1) is 35.7. The lowest BCUT2D eigenvalue weighted by atomic mass is 10.00. The highest BCUT2D eigenvalue weighted by Gasteiger charge is 2.28. The second kappa shape index (κ2) is 15.5. The summed E-state index contributed by atoms with van der Waals surface area (Å²) in [6, 6.07) is 80.2. The van der Waals surface area contributed by atoms with Crippen molar-refractivity contribution < 1.29 is 4.42 Å². The van der Waals surface area contributed by atoms with Gasteiger partial charge in [-0.1, -0.05) is 152 Å². The van der Waals surface area contributed by atoms with Crippen LogP contribution in [-0.4, -0.2) is 28.7 Å². The van der Waals surface area contributed by atoms with E-state index in [1.165, 1.54) is 10.8 Å². The van der Waals surface area contributed by atoms with E-state index in [0.717, 1.165) is 87.9 Å². The number of hydrogen-bond acceptors (Lipinski definition) is 5. The number of fused-ring (bicyclic) bond motifs is 13. The van der Waals surface area contributed by atoms with Crippen molar-refractivity contribution in [2.45, 2.75) is 0 Å². The van der Waals surface area contributed by atoms with Crippen LogP contribution in [0.15, 0.2) is 229 Å². The highest BCUT2D eigenvalue weighted by Crippen LogP contribution is 2.47. The van der Waals surface area contributed by atoms with Crippen molar-refractivity contribution in [3.8, 4) is 57.3 Å². The van der Waals surface area contributed by atoms with Crippen LogP contribution < -0.4 is 0 Å². The summed E-state index contributed by atoms with van der Waals surface area (Å²) in [5.41, 5.74) is 13.1. The summed E-state index contributed by atoms with van der Waals surface area (Å²) >= 11 is 0. The highest BCUT2D eigenvalue weighted by molar-refractivity contribution is 6.30. The molecule has 0 fully saturated rings. The van der Waals surface area contributed by atoms with E-state index in [9.17, 15) is 5.26 Å². The monoisotopic (exact) mass is 919 g/mol. The van der Waals surface area contributed by atoms with E-state index in [2.05, 4.69) is 159 Å². The summed E-state index contributed by atoms with van der Waals surface area (Å²) in [7, 11) is 0. The normalized spacial score (nSPS) is 11.9. The molecule has 0 amide bonds. The molecule has 0 unspecified atom stereocenters. The fourth-order valence-electron chi connectivity index (χ4n) is 11.3. The third-order valence-corrected chi connectivity index (χ3v) is 14.3. The number of furan rings is 1. The molecular formula is C64H37N7O. The molecule has 0 bridgehead atoms. The molecule has 0 saturated carbocycles. The minimum absolute atomic E-state index is 0.413. The maximum atomic E-state index is 11.6. The quantitative estimate of drug-likeness (QED) is 0.166. The molecule has 0 radical (unpaired) electrons. The molecule has 334 valence electrons. The Hall–Kier alpha value is -10.1. The van der Waals surface area contributed by atoms with Gasteiger partial charge < -0.3 is 18.1 Å². The zero-order valence-electron chi connectivity index (χ0n) is 38.4. The SMILES string of the molecule is N#Cc1cc(-c2nc(-c3ccccc3)nc(-c3ccccc3)n2)c2c(oc3ccccc32)c1-n1c2ccc(-n3c4ccccc4c4ccccc43)cc2c2c3c4ccccc4n(-c4ccccc4)c3ccc21. The maximum absolute atomic E-state index is 11.6. The van der Waals surface area contributed by atoms with Crippen LogP contribution in [0.2, 0.25) is 0 Å². The van der Waals surface area contributed by atoms with Gasteiger partial charge in [-0.25, -0.2) is 15.0 Å². The summed E-state index contributed by atoms with van der Waals surface area (Å²) in [4.78, 5) is 15.4. The first-order valence-corrected chi connectivity index (χ1v) is 24.0. The van der Waals surface area contributed by atoms with Gasteiger partial charge in [-0.2, -0.15) is 5.26 Å². The number of para-hydroxylation sites is 5. The fourth-order valence-corrected chi connectivity index (χ4v) is 11.3. The topological polar surface area (TPSA) is 90.4 Å². The molecule has 8 nitrogen and oxygen atoms in total. The first-order valence-electron chi connectivity index (χ1n) is 24.0. The molecule has 72 heavy (non-hydrogen) atoms. The van der Waals surface area contributed by atoms with Gasteiger partial charge in [0.1, 0.15) is 17.3 Å². The predicted octanol–water partition coefficient (Wildman–Crippen LogP) is 15.9. The Morgan fingerprint density at radius 1 is 0.361 bits per heavy atom. The van der Waals surface area contributed by atoms with Crippen molar-refractivity contribution in [2.75, 3.05) is 0 Å². The zero-order chi connectivity index (χ0) is 47.4. The molecule has 10 aromatic carbocycles. The third-order valence-electron chi connectivity index (χ3n) is 14.3. The molecule has 15 aromatic rings. The van der Waals surface area contributed by atoms with Crippen molar-refractivity contribution >= 4 is 87.4 Å². The Bertz CT molecular complexity index is 4640. The smallest absolute Gasteiger partial charge is 0.164 e. The number of aromatic nitrogens is 6. The van der Waals surface area contributed by atoms with Crippen LogP contribution in [0.4, 0.5) is 0 Å². The molecule has 8 heteroatoms. The van der Waals surface area contributed by atoms with Crippen LogP contribution >= 0.6 is 0 Å². The van der Waals surface area contributed by atoms with Crippen molar-refractivity contribution in [2.24, 2.45) is 0 Å². The minimum atomic E-state index is 0.413. The summed E-state index contributed by atoms with van der Waals surface area (Å²) in [5, 5.41) is 20.0. The number of nitrogens with zero attached hydrogens (tertiary/aromatic N) is 7. The summed E-state index contributed by atoms with van der Waals surface area (Å²) in [6.45, 7) is 0. The van der Waals surface area contributed by atoms with Crippen LogP contribution in [-0.2, 0) is 0 Å². The molecule has 5 heterocycles. The van der Waals surface area contributed by atoms with Crippen LogP contribution in [0.25, 0.3) is 139 Å². The fraction of sp³-hybridized carbons (Fsp3) is 0. The van der Waals surface area contributed by atoms with Gasteiger partial charge in [-0.3, -0.25) is 0 Å². The second-order valence-electron chi connectivity index (χ2n) is 18.2. The van der Waals surface area contributed by atoms with Crippen LogP contribution in [0.5, 0.6) is 0 Å².